The number of hydrogen-bond donors (Lipinski definition) is 1. The minimum atomic E-state index is -0.607. The van der Waals surface area contributed by atoms with Crippen molar-refractivity contribution in [1.29, 1.82) is 0 Å². The number of fused-ring (bicyclic) bond motifs is 1. The predicted molar refractivity (Wildman–Crippen MR) is 101 cm³/mol. The van der Waals surface area contributed by atoms with Crippen LogP contribution >= 0.6 is 0 Å². The second-order valence-electron chi connectivity index (χ2n) is 8.57. The Kier molecular flexibility index (Phi) is 3.76. The molecule has 3 fully saturated rings. The van der Waals surface area contributed by atoms with E-state index in [0.717, 1.165) is 30.6 Å². The molecule has 3 saturated heterocycles. The Bertz CT molecular complexity index is 808. The Morgan fingerprint density at radius 3 is 3.04 bits per heavy atom. The van der Waals surface area contributed by atoms with Crippen molar-refractivity contribution in [2.75, 3.05) is 25.0 Å². The van der Waals surface area contributed by atoms with Crippen LogP contribution in [0.5, 0.6) is 0 Å². The highest BCUT2D eigenvalue weighted by Crippen LogP contribution is 2.49. The largest absolute Gasteiger partial charge is 0.384 e. The summed E-state index contributed by atoms with van der Waals surface area (Å²) < 4.78 is 6.26. The first kappa shape index (κ1) is 17.0. The third kappa shape index (κ3) is 2.29. The van der Waals surface area contributed by atoms with Crippen LogP contribution in [0.3, 0.4) is 0 Å². The van der Waals surface area contributed by atoms with Crippen LogP contribution in [-0.4, -0.2) is 59.1 Å². The first-order valence-corrected chi connectivity index (χ1v) is 10.2. The van der Waals surface area contributed by atoms with E-state index in [-0.39, 0.29) is 23.9 Å². The molecular formula is C21H27N3O3. The van der Waals surface area contributed by atoms with Crippen LogP contribution in [0, 0.1) is 5.92 Å². The smallest absolute Gasteiger partial charge is 0.256 e. The number of hydrogen-bond acceptors (Lipinski definition) is 4. The zero-order valence-electron chi connectivity index (χ0n) is 16.0. The van der Waals surface area contributed by atoms with Crippen LogP contribution in [0.25, 0.3) is 0 Å². The Morgan fingerprint density at radius 1 is 1.37 bits per heavy atom. The Balaban J connectivity index is 1.47. The van der Waals surface area contributed by atoms with E-state index in [2.05, 4.69) is 25.2 Å². The summed E-state index contributed by atoms with van der Waals surface area (Å²) in [6.07, 6.45) is 3.18. The van der Waals surface area contributed by atoms with E-state index in [1.165, 1.54) is 5.56 Å². The second kappa shape index (κ2) is 5.96. The molecule has 0 saturated carbocycles. The third-order valence-electron chi connectivity index (χ3n) is 6.82. The van der Waals surface area contributed by atoms with Gasteiger partial charge in [0.1, 0.15) is 0 Å². The first-order valence-electron chi connectivity index (χ1n) is 10.2. The molecule has 1 aromatic rings. The van der Waals surface area contributed by atoms with Crippen LogP contribution in [-0.2, 0) is 16.0 Å². The lowest BCUT2D eigenvalue weighted by molar-refractivity contribution is -0.139. The summed E-state index contributed by atoms with van der Waals surface area (Å²) in [5.41, 5.74) is 2.31. The molecule has 0 aliphatic carbocycles. The Labute approximate surface area is 159 Å². The number of amides is 2. The molecule has 0 radical (unpaired) electrons. The molecule has 1 aromatic carbocycles. The molecule has 0 unspecified atom stereocenters. The molecular weight excluding hydrogens is 342 g/mol. The average molecular weight is 369 g/mol. The van der Waals surface area contributed by atoms with Crippen molar-refractivity contribution in [2.45, 2.75) is 57.3 Å². The fraction of sp³-hybridized carbons (Fsp3) is 0.619. The molecule has 144 valence electrons. The van der Waals surface area contributed by atoms with Crippen molar-refractivity contribution < 1.29 is 14.3 Å². The standard InChI is InChI=1S/C21H27N3O3/c1-13(2)16-12-27-21-8-10-23(17(21)11-18(25)24(16)21)20(26)15-7-3-5-14-6-4-9-22-19(14)15/h3,5,7,13,16-17,22H,4,6,8-12H2,1-2H3/t16-,17+,21-/m0/s1. The number of benzene rings is 1. The van der Waals surface area contributed by atoms with Crippen molar-refractivity contribution in [2.24, 2.45) is 5.92 Å². The number of carbonyl (C=O) groups excluding carboxylic acids is 2. The molecule has 3 atom stereocenters. The highest BCUT2D eigenvalue weighted by molar-refractivity contribution is 6.01. The van der Waals surface area contributed by atoms with Gasteiger partial charge in [-0.1, -0.05) is 26.0 Å². The SMILES string of the molecule is CC(C)[C@@H]1CO[C@@]23CCN(C(=O)c4cccc5c4NCCC5)[C@@H]2CC(=O)N13. The van der Waals surface area contributed by atoms with E-state index in [1.807, 2.05) is 21.9 Å². The lowest BCUT2D eigenvalue weighted by Gasteiger charge is -2.34. The van der Waals surface area contributed by atoms with Gasteiger partial charge in [-0.3, -0.25) is 9.59 Å². The molecule has 4 aliphatic heterocycles. The summed E-state index contributed by atoms with van der Waals surface area (Å²) in [4.78, 5) is 30.1. The van der Waals surface area contributed by atoms with Crippen LogP contribution < -0.4 is 5.32 Å². The summed E-state index contributed by atoms with van der Waals surface area (Å²) >= 11 is 0. The van der Waals surface area contributed by atoms with E-state index in [9.17, 15) is 9.59 Å². The molecule has 1 spiro atoms. The number of para-hydroxylation sites is 1. The molecule has 0 bridgehead atoms. The number of anilines is 1. The van der Waals surface area contributed by atoms with E-state index >= 15 is 0 Å². The minimum absolute atomic E-state index is 0.0226. The number of likely N-dealkylation sites (tertiary alicyclic amines) is 1. The molecule has 0 aromatic heterocycles. The summed E-state index contributed by atoms with van der Waals surface area (Å²) in [5, 5.41) is 3.41. The van der Waals surface area contributed by atoms with Crippen molar-refractivity contribution in [3.8, 4) is 0 Å². The Morgan fingerprint density at radius 2 is 2.22 bits per heavy atom. The maximum atomic E-state index is 13.5. The highest BCUT2D eigenvalue weighted by atomic mass is 16.5. The monoisotopic (exact) mass is 369 g/mol. The molecule has 6 heteroatoms. The van der Waals surface area contributed by atoms with Gasteiger partial charge in [0.25, 0.3) is 5.91 Å². The fourth-order valence-electron chi connectivity index (χ4n) is 5.46. The van der Waals surface area contributed by atoms with E-state index < -0.39 is 5.72 Å². The van der Waals surface area contributed by atoms with Gasteiger partial charge in [0.2, 0.25) is 5.91 Å². The lowest BCUT2D eigenvalue weighted by atomic mass is 9.98. The molecule has 5 rings (SSSR count). The first-order chi connectivity index (χ1) is 13.0. The third-order valence-corrected chi connectivity index (χ3v) is 6.82. The van der Waals surface area contributed by atoms with Crippen molar-refractivity contribution in [1.82, 2.24) is 9.80 Å². The van der Waals surface area contributed by atoms with Gasteiger partial charge < -0.3 is 19.9 Å². The van der Waals surface area contributed by atoms with E-state index in [1.54, 1.807) is 0 Å². The maximum Gasteiger partial charge on any atom is 0.256 e. The molecule has 27 heavy (non-hydrogen) atoms. The van der Waals surface area contributed by atoms with Crippen molar-refractivity contribution in [3.63, 3.8) is 0 Å². The lowest BCUT2D eigenvalue weighted by Crippen LogP contribution is -2.51. The molecule has 4 heterocycles. The van der Waals surface area contributed by atoms with Crippen LogP contribution in [0.1, 0.15) is 49.0 Å². The number of aryl methyl sites for hydroxylation is 1. The van der Waals surface area contributed by atoms with Gasteiger partial charge in [-0.15, -0.1) is 0 Å². The summed E-state index contributed by atoms with van der Waals surface area (Å²) in [6.45, 7) is 6.38. The van der Waals surface area contributed by atoms with Gasteiger partial charge in [0.15, 0.2) is 5.72 Å². The molecule has 6 nitrogen and oxygen atoms in total. The Hall–Kier alpha value is -2.08. The molecule has 4 aliphatic rings. The normalized spacial score (nSPS) is 31.7. The average Bonchev–Trinajstić information content (AvgIpc) is 3.30. The number of ether oxygens (including phenoxy) is 1. The topological polar surface area (TPSA) is 61.9 Å². The van der Waals surface area contributed by atoms with Crippen LogP contribution in [0.15, 0.2) is 18.2 Å². The van der Waals surface area contributed by atoms with Gasteiger partial charge in [0.05, 0.1) is 36.4 Å². The number of rotatable bonds is 2. The van der Waals surface area contributed by atoms with E-state index in [4.69, 9.17) is 4.74 Å². The summed E-state index contributed by atoms with van der Waals surface area (Å²) in [5.74, 6) is 0.499. The molecule has 1 N–H and O–H groups in total. The predicted octanol–water partition coefficient (Wildman–Crippen LogP) is 2.24. The van der Waals surface area contributed by atoms with E-state index in [0.29, 0.717) is 31.9 Å². The van der Waals surface area contributed by atoms with Crippen molar-refractivity contribution >= 4 is 17.5 Å². The van der Waals surface area contributed by atoms with Gasteiger partial charge in [0, 0.05) is 19.5 Å². The van der Waals surface area contributed by atoms with Gasteiger partial charge in [-0.25, -0.2) is 0 Å². The fourth-order valence-corrected chi connectivity index (χ4v) is 5.46. The van der Waals surface area contributed by atoms with Gasteiger partial charge in [-0.2, -0.15) is 0 Å². The molecule has 2 amide bonds. The second-order valence-corrected chi connectivity index (χ2v) is 8.57. The van der Waals surface area contributed by atoms with Crippen LogP contribution in [0.2, 0.25) is 0 Å². The maximum absolute atomic E-state index is 13.5. The highest BCUT2D eigenvalue weighted by Gasteiger charge is 2.65. The summed E-state index contributed by atoms with van der Waals surface area (Å²) in [6, 6.07) is 5.91. The van der Waals surface area contributed by atoms with Crippen molar-refractivity contribution in [3.05, 3.63) is 29.3 Å². The number of nitrogens with zero attached hydrogens (tertiary/aromatic N) is 2. The van der Waals surface area contributed by atoms with Crippen LogP contribution in [0.4, 0.5) is 5.69 Å². The van der Waals surface area contributed by atoms with Gasteiger partial charge in [-0.05, 0) is 30.4 Å². The number of carbonyl (C=O) groups is 2. The van der Waals surface area contributed by atoms with Gasteiger partial charge >= 0.3 is 0 Å². The zero-order chi connectivity index (χ0) is 18.8. The quantitative estimate of drug-likeness (QED) is 0.869. The zero-order valence-corrected chi connectivity index (χ0v) is 16.0. The number of nitrogens with one attached hydrogen (secondary N) is 1. The minimum Gasteiger partial charge on any atom is -0.384 e. The summed E-state index contributed by atoms with van der Waals surface area (Å²) in [7, 11) is 0.